The Morgan fingerprint density at radius 3 is 2.66 bits per heavy atom. The van der Waals surface area contributed by atoms with E-state index >= 15 is 0 Å². The number of carbonyl (C=O) groups is 3. The molecular weight excluding hydrogens is 376 g/mol. The number of amides is 1. The van der Waals surface area contributed by atoms with E-state index in [2.05, 4.69) is 0 Å². The normalized spacial score (nSPS) is 16.0. The highest BCUT2D eigenvalue weighted by molar-refractivity contribution is 6.01. The van der Waals surface area contributed by atoms with Gasteiger partial charge in [0.25, 0.3) is 5.69 Å². The zero-order chi connectivity index (χ0) is 21.1. The Kier molecular flexibility index (Phi) is 5.72. The lowest BCUT2D eigenvalue weighted by atomic mass is 10.1. The van der Waals surface area contributed by atoms with Crippen molar-refractivity contribution in [3.05, 3.63) is 69.3 Å². The van der Waals surface area contributed by atoms with Gasteiger partial charge < -0.3 is 9.64 Å². The molecule has 8 heteroatoms. The SMILES string of the molecule is Cc1ccc(N2C[C@@H](C(=O)OCC(=O)c3cccc([N+](=O)[O-])c3)CC2=O)c(C)c1. The van der Waals surface area contributed by atoms with E-state index in [-0.39, 0.29) is 30.1 Å². The van der Waals surface area contributed by atoms with Crippen LogP contribution in [-0.4, -0.2) is 35.7 Å². The molecule has 29 heavy (non-hydrogen) atoms. The summed E-state index contributed by atoms with van der Waals surface area (Å²) >= 11 is 0. The van der Waals surface area contributed by atoms with Crippen LogP contribution in [0.5, 0.6) is 0 Å². The van der Waals surface area contributed by atoms with Crippen LogP contribution >= 0.6 is 0 Å². The van der Waals surface area contributed by atoms with Crippen molar-refractivity contribution < 1.29 is 24.0 Å². The maximum Gasteiger partial charge on any atom is 0.311 e. The van der Waals surface area contributed by atoms with Crippen molar-refractivity contribution in [3.63, 3.8) is 0 Å². The lowest BCUT2D eigenvalue weighted by Crippen LogP contribution is -2.27. The number of hydrogen-bond acceptors (Lipinski definition) is 6. The Bertz CT molecular complexity index is 1000. The van der Waals surface area contributed by atoms with Crippen LogP contribution in [0.15, 0.2) is 42.5 Å². The Morgan fingerprint density at radius 1 is 1.21 bits per heavy atom. The van der Waals surface area contributed by atoms with Crippen molar-refractivity contribution in [2.45, 2.75) is 20.3 Å². The minimum absolute atomic E-state index is 0.0111. The standard InChI is InChI=1S/C21H20N2O6/c1-13-6-7-18(14(2)8-13)22-11-16(10-20(22)25)21(26)29-12-19(24)15-4-3-5-17(9-15)23(27)28/h3-9,16H,10-12H2,1-2H3/t16-/m0/s1. The Morgan fingerprint density at radius 2 is 1.97 bits per heavy atom. The van der Waals surface area contributed by atoms with Crippen LogP contribution in [0.2, 0.25) is 0 Å². The predicted molar refractivity (Wildman–Crippen MR) is 105 cm³/mol. The highest BCUT2D eigenvalue weighted by Crippen LogP contribution is 2.29. The topological polar surface area (TPSA) is 107 Å². The number of nitro groups is 1. The van der Waals surface area contributed by atoms with Crippen molar-refractivity contribution >= 4 is 29.0 Å². The quantitative estimate of drug-likeness (QED) is 0.322. The van der Waals surface area contributed by atoms with Gasteiger partial charge in [0.15, 0.2) is 6.61 Å². The van der Waals surface area contributed by atoms with Gasteiger partial charge in [0.05, 0.1) is 10.8 Å². The number of esters is 1. The van der Waals surface area contributed by atoms with E-state index in [1.165, 1.54) is 18.2 Å². The number of benzene rings is 2. The number of rotatable bonds is 6. The van der Waals surface area contributed by atoms with Gasteiger partial charge in [-0.05, 0) is 25.5 Å². The average Bonchev–Trinajstić information content (AvgIpc) is 3.07. The maximum atomic E-state index is 12.4. The molecule has 150 valence electrons. The zero-order valence-electron chi connectivity index (χ0n) is 16.1. The minimum Gasteiger partial charge on any atom is -0.457 e. The van der Waals surface area contributed by atoms with Gasteiger partial charge in [-0.2, -0.15) is 0 Å². The number of ether oxygens (including phenoxy) is 1. The van der Waals surface area contributed by atoms with Crippen LogP contribution in [0, 0.1) is 29.9 Å². The van der Waals surface area contributed by atoms with Crippen molar-refractivity contribution in [2.24, 2.45) is 5.92 Å². The molecule has 1 fully saturated rings. The van der Waals surface area contributed by atoms with Gasteiger partial charge >= 0.3 is 5.97 Å². The highest BCUT2D eigenvalue weighted by atomic mass is 16.6. The van der Waals surface area contributed by atoms with Gasteiger partial charge in [-0.15, -0.1) is 0 Å². The Labute approximate surface area is 167 Å². The first-order chi connectivity index (χ1) is 13.8. The fraction of sp³-hybridized carbons (Fsp3) is 0.286. The molecule has 2 aromatic rings. The van der Waals surface area contributed by atoms with Gasteiger partial charge in [-0.3, -0.25) is 24.5 Å². The number of Topliss-reactive ketones (excluding diaryl/α,β-unsaturated/α-hetero) is 1. The third-order valence-corrected chi connectivity index (χ3v) is 4.83. The molecule has 0 radical (unpaired) electrons. The van der Waals surface area contributed by atoms with E-state index in [4.69, 9.17) is 4.74 Å². The first-order valence-corrected chi connectivity index (χ1v) is 9.08. The number of anilines is 1. The average molecular weight is 396 g/mol. The summed E-state index contributed by atoms with van der Waals surface area (Å²) in [6, 6.07) is 10.9. The van der Waals surface area contributed by atoms with Crippen LogP contribution in [0.3, 0.4) is 0 Å². The Hall–Kier alpha value is -3.55. The summed E-state index contributed by atoms with van der Waals surface area (Å²) in [4.78, 5) is 48.7. The summed E-state index contributed by atoms with van der Waals surface area (Å²) in [6.45, 7) is 3.51. The molecule has 0 aliphatic carbocycles. The summed E-state index contributed by atoms with van der Waals surface area (Å²) in [5, 5.41) is 10.8. The van der Waals surface area contributed by atoms with E-state index in [1.54, 1.807) is 4.90 Å². The first-order valence-electron chi connectivity index (χ1n) is 9.08. The molecule has 1 atom stereocenters. The molecule has 8 nitrogen and oxygen atoms in total. The third-order valence-electron chi connectivity index (χ3n) is 4.83. The van der Waals surface area contributed by atoms with Crippen molar-refractivity contribution in [2.75, 3.05) is 18.1 Å². The molecule has 0 spiro atoms. The van der Waals surface area contributed by atoms with E-state index in [0.717, 1.165) is 22.9 Å². The van der Waals surface area contributed by atoms with Gasteiger partial charge in [0.1, 0.15) is 0 Å². The van der Waals surface area contributed by atoms with E-state index in [1.807, 2.05) is 32.0 Å². The van der Waals surface area contributed by atoms with Gasteiger partial charge in [-0.25, -0.2) is 0 Å². The van der Waals surface area contributed by atoms with E-state index in [0.29, 0.717) is 0 Å². The van der Waals surface area contributed by atoms with E-state index in [9.17, 15) is 24.5 Å². The first kappa shape index (κ1) is 20.2. The monoisotopic (exact) mass is 396 g/mol. The van der Waals surface area contributed by atoms with Crippen LogP contribution in [0.25, 0.3) is 0 Å². The van der Waals surface area contributed by atoms with Gasteiger partial charge in [0.2, 0.25) is 11.7 Å². The van der Waals surface area contributed by atoms with Crippen molar-refractivity contribution in [3.8, 4) is 0 Å². The number of carbonyl (C=O) groups excluding carboxylic acids is 3. The zero-order valence-corrected chi connectivity index (χ0v) is 16.1. The van der Waals surface area contributed by atoms with Crippen LogP contribution in [-0.2, 0) is 14.3 Å². The maximum absolute atomic E-state index is 12.4. The molecule has 0 N–H and O–H groups in total. The van der Waals surface area contributed by atoms with Crippen LogP contribution in [0.4, 0.5) is 11.4 Å². The Balaban J connectivity index is 1.61. The molecule has 1 aliphatic rings. The predicted octanol–water partition coefficient (Wildman–Crippen LogP) is 2.99. The minimum atomic E-state index is -0.666. The summed E-state index contributed by atoms with van der Waals surface area (Å²) in [7, 11) is 0. The fourth-order valence-electron chi connectivity index (χ4n) is 3.34. The summed E-state index contributed by atoms with van der Waals surface area (Å²) in [5.41, 5.74) is 2.64. The molecule has 1 saturated heterocycles. The van der Waals surface area contributed by atoms with Crippen LogP contribution < -0.4 is 4.90 Å². The third kappa shape index (κ3) is 4.48. The molecule has 1 aliphatic heterocycles. The molecule has 2 aromatic carbocycles. The number of ketones is 1. The summed E-state index contributed by atoms with van der Waals surface area (Å²) in [5.74, 6) is -2.02. The largest absolute Gasteiger partial charge is 0.457 e. The summed E-state index contributed by atoms with van der Waals surface area (Å²) < 4.78 is 5.09. The molecule has 1 heterocycles. The summed E-state index contributed by atoms with van der Waals surface area (Å²) in [6.07, 6.45) is 0.0111. The second-order valence-electron chi connectivity index (χ2n) is 7.03. The molecular formula is C21H20N2O6. The molecule has 0 aromatic heterocycles. The lowest BCUT2D eigenvalue weighted by molar-refractivity contribution is -0.384. The van der Waals surface area contributed by atoms with Crippen molar-refractivity contribution in [1.82, 2.24) is 0 Å². The second-order valence-corrected chi connectivity index (χ2v) is 7.03. The number of hydrogen-bond donors (Lipinski definition) is 0. The number of non-ortho nitro benzene ring substituents is 1. The molecule has 0 bridgehead atoms. The fourth-order valence-corrected chi connectivity index (χ4v) is 3.34. The highest BCUT2D eigenvalue weighted by Gasteiger charge is 2.36. The van der Waals surface area contributed by atoms with Gasteiger partial charge in [-0.1, -0.05) is 29.8 Å². The number of nitro benzene ring substituents is 1. The lowest BCUT2D eigenvalue weighted by Gasteiger charge is -2.19. The number of nitrogens with zero attached hydrogens (tertiary/aromatic N) is 2. The van der Waals surface area contributed by atoms with E-state index < -0.39 is 29.2 Å². The molecule has 1 amide bonds. The van der Waals surface area contributed by atoms with Gasteiger partial charge in [0, 0.05) is 36.3 Å². The molecule has 0 unspecified atom stereocenters. The van der Waals surface area contributed by atoms with Crippen molar-refractivity contribution in [1.29, 1.82) is 0 Å². The second kappa shape index (κ2) is 8.22. The van der Waals surface area contributed by atoms with Crippen LogP contribution in [0.1, 0.15) is 27.9 Å². The smallest absolute Gasteiger partial charge is 0.311 e. The molecule has 3 rings (SSSR count). The number of aryl methyl sites for hydroxylation is 2. The molecule has 0 saturated carbocycles.